The van der Waals surface area contributed by atoms with Crippen molar-refractivity contribution in [3.05, 3.63) is 29.1 Å². The minimum Gasteiger partial charge on any atom is -0.378 e. The molecule has 0 radical (unpaired) electrons. The second-order valence-electron chi connectivity index (χ2n) is 6.27. The van der Waals surface area contributed by atoms with E-state index in [1.807, 2.05) is 0 Å². The fourth-order valence-electron chi connectivity index (χ4n) is 2.33. The van der Waals surface area contributed by atoms with Gasteiger partial charge in [0.2, 0.25) is 0 Å². The molecule has 4 nitrogen and oxygen atoms in total. The lowest BCUT2D eigenvalue weighted by Gasteiger charge is -2.28. The quantitative estimate of drug-likeness (QED) is 0.800. The van der Waals surface area contributed by atoms with Crippen LogP contribution >= 0.6 is 0 Å². The molecule has 2 rings (SSSR count). The first-order valence-electron chi connectivity index (χ1n) is 7.05. The molecule has 0 aliphatic carbocycles. The Morgan fingerprint density at radius 1 is 1.23 bits per heavy atom. The third-order valence-corrected chi connectivity index (χ3v) is 3.51. The van der Waals surface area contributed by atoms with Crippen molar-refractivity contribution in [3.8, 4) is 0 Å². The van der Waals surface area contributed by atoms with Gasteiger partial charge in [0.15, 0.2) is 0 Å². The molecular formula is C15H19F3N2O2. The maximum absolute atomic E-state index is 13.1. The van der Waals surface area contributed by atoms with Crippen LogP contribution in [0.3, 0.4) is 0 Å². The summed E-state index contributed by atoms with van der Waals surface area (Å²) < 4.78 is 44.4. The number of carbonyl (C=O) groups is 1. The van der Waals surface area contributed by atoms with Gasteiger partial charge in [0, 0.05) is 19.3 Å². The zero-order chi connectivity index (χ0) is 16.5. The van der Waals surface area contributed by atoms with Crippen molar-refractivity contribution >= 4 is 5.91 Å². The number of nitrogens with zero attached hydrogens (tertiary/aromatic N) is 2. The van der Waals surface area contributed by atoms with E-state index in [9.17, 15) is 18.0 Å². The molecule has 1 fully saturated rings. The molecule has 7 heteroatoms. The molecule has 0 N–H and O–H groups in total. The monoisotopic (exact) mass is 316 g/mol. The van der Waals surface area contributed by atoms with Crippen molar-refractivity contribution in [2.45, 2.75) is 32.4 Å². The van der Waals surface area contributed by atoms with Gasteiger partial charge in [0.05, 0.1) is 18.8 Å². The second-order valence-corrected chi connectivity index (χ2v) is 6.27. The lowest BCUT2D eigenvalue weighted by atomic mass is 9.84. The van der Waals surface area contributed by atoms with Crippen LogP contribution in [0.1, 0.15) is 42.4 Å². The van der Waals surface area contributed by atoms with Crippen LogP contribution in [0.15, 0.2) is 12.3 Å². The number of morpholine rings is 1. The molecule has 1 saturated heterocycles. The molecule has 1 aliphatic rings. The summed E-state index contributed by atoms with van der Waals surface area (Å²) in [5.74, 6) is -0.310. The fourth-order valence-corrected chi connectivity index (χ4v) is 2.33. The van der Waals surface area contributed by atoms with Crippen molar-refractivity contribution in [1.29, 1.82) is 0 Å². The summed E-state index contributed by atoms with van der Waals surface area (Å²) in [7, 11) is 0. The van der Waals surface area contributed by atoms with Gasteiger partial charge in [0.25, 0.3) is 5.91 Å². The Morgan fingerprint density at radius 3 is 2.32 bits per heavy atom. The Morgan fingerprint density at radius 2 is 1.82 bits per heavy atom. The Labute approximate surface area is 127 Å². The minimum atomic E-state index is -4.54. The predicted molar refractivity (Wildman–Crippen MR) is 74.7 cm³/mol. The first-order valence-corrected chi connectivity index (χ1v) is 7.05. The van der Waals surface area contributed by atoms with Gasteiger partial charge in [-0.25, -0.2) is 0 Å². The van der Waals surface area contributed by atoms with E-state index in [4.69, 9.17) is 4.74 Å². The first kappa shape index (κ1) is 16.7. The van der Waals surface area contributed by atoms with Crippen molar-refractivity contribution in [1.82, 2.24) is 9.88 Å². The first-order chi connectivity index (χ1) is 10.1. The molecule has 0 spiro atoms. The molecule has 1 aromatic rings. The van der Waals surface area contributed by atoms with Crippen LogP contribution in [0.4, 0.5) is 13.2 Å². The van der Waals surface area contributed by atoms with Crippen molar-refractivity contribution < 1.29 is 22.7 Å². The van der Waals surface area contributed by atoms with E-state index in [0.717, 1.165) is 6.20 Å². The van der Waals surface area contributed by atoms with E-state index in [-0.39, 0.29) is 17.0 Å². The minimum absolute atomic E-state index is 0.0270. The summed E-state index contributed by atoms with van der Waals surface area (Å²) in [5, 5.41) is 0. The Kier molecular flexibility index (Phi) is 4.47. The molecule has 122 valence electrons. The van der Waals surface area contributed by atoms with Crippen LogP contribution in [0.25, 0.3) is 0 Å². The van der Waals surface area contributed by atoms with E-state index >= 15 is 0 Å². The third kappa shape index (κ3) is 3.58. The molecule has 0 aromatic carbocycles. The van der Waals surface area contributed by atoms with Crippen LogP contribution < -0.4 is 0 Å². The van der Waals surface area contributed by atoms with Gasteiger partial charge < -0.3 is 9.64 Å². The smallest absolute Gasteiger partial charge is 0.378 e. The molecule has 1 aromatic heterocycles. The van der Waals surface area contributed by atoms with Gasteiger partial charge in [-0.3, -0.25) is 9.78 Å². The topological polar surface area (TPSA) is 42.4 Å². The molecule has 1 aliphatic heterocycles. The van der Waals surface area contributed by atoms with Gasteiger partial charge in [-0.15, -0.1) is 0 Å². The normalized spacial score (nSPS) is 16.7. The van der Waals surface area contributed by atoms with E-state index in [1.165, 1.54) is 6.07 Å². The van der Waals surface area contributed by atoms with Crippen LogP contribution in [-0.2, 0) is 16.3 Å². The number of ether oxygens (including phenoxy) is 1. The number of hydrogen-bond donors (Lipinski definition) is 0. The molecular weight excluding hydrogens is 297 g/mol. The molecule has 0 saturated carbocycles. The molecule has 0 unspecified atom stereocenters. The summed E-state index contributed by atoms with van der Waals surface area (Å²) in [5.41, 5.74) is -1.49. The number of carbonyl (C=O) groups excluding carboxylic acids is 1. The SMILES string of the molecule is CC(C)(C)c1cc(C(=O)N2CCOCC2)cnc1C(F)(F)F. The summed E-state index contributed by atoms with van der Waals surface area (Å²) >= 11 is 0. The number of amides is 1. The van der Waals surface area contributed by atoms with E-state index in [0.29, 0.717) is 26.3 Å². The summed E-state index contributed by atoms with van der Waals surface area (Å²) in [6.07, 6.45) is -3.53. The lowest BCUT2D eigenvalue weighted by Crippen LogP contribution is -2.41. The number of rotatable bonds is 1. The van der Waals surface area contributed by atoms with Crippen LogP contribution in [-0.4, -0.2) is 42.1 Å². The van der Waals surface area contributed by atoms with Crippen molar-refractivity contribution in [3.63, 3.8) is 0 Å². The van der Waals surface area contributed by atoms with Gasteiger partial charge >= 0.3 is 6.18 Å². The van der Waals surface area contributed by atoms with Crippen molar-refractivity contribution in [2.75, 3.05) is 26.3 Å². The van der Waals surface area contributed by atoms with Crippen LogP contribution in [0.2, 0.25) is 0 Å². The van der Waals surface area contributed by atoms with E-state index in [1.54, 1.807) is 25.7 Å². The van der Waals surface area contributed by atoms with Crippen LogP contribution in [0, 0.1) is 0 Å². The van der Waals surface area contributed by atoms with Gasteiger partial charge in [-0.1, -0.05) is 20.8 Å². The molecule has 0 bridgehead atoms. The zero-order valence-electron chi connectivity index (χ0n) is 12.8. The van der Waals surface area contributed by atoms with E-state index < -0.39 is 17.3 Å². The standard InChI is InChI=1S/C15H19F3N2O2/c1-14(2,3)11-8-10(9-19-12(11)15(16,17)18)13(21)20-4-6-22-7-5-20/h8-9H,4-7H2,1-3H3. The third-order valence-electron chi connectivity index (χ3n) is 3.51. The average molecular weight is 316 g/mol. The highest BCUT2D eigenvalue weighted by Gasteiger charge is 2.38. The zero-order valence-corrected chi connectivity index (χ0v) is 12.8. The Hall–Kier alpha value is -1.63. The number of halogens is 3. The summed E-state index contributed by atoms with van der Waals surface area (Å²) in [6, 6.07) is 1.31. The fraction of sp³-hybridized carbons (Fsp3) is 0.600. The summed E-state index contributed by atoms with van der Waals surface area (Å²) in [6.45, 7) is 6.75. The largest absolute Gasteiger partial charge is 0.433 e. The average Bonchev–Trinajstić information content (AvgIpc) is 2.45. The number of hydrogen-bond acceptors (Lipinski definition) is 3. The number of alkyl halides is 3. The molecule has 0 atom stereocenters. The molecule has 1 amide bonds. The highest BCUT2D eigenvalue weighted by Crippen LogP contribution is 2.36. The maximum Gasteiger partial charge on any atom is 0.433 e. The lowest BCUT2D eigenvalue weighted by molar-refractivity contribution is -0.142. The van der Waals surface area contributed by atoms with E-state index in [2.05, 4.69) is 4.98 Å². The highest BCUT2D eigenvalue weighted by atomic mass is 19.4. The van der Waals surface area contributed by atoms with Gasteiger partial charge in [-0.05, 0) is 17.0 Å². The van der Waals surface area contributed by atoms with Crippen molar-refractivity contribution in [2.24, 2.45) is 0 Å². The Bertz CT molecular complexity index is 559. The number of aromatic nitrogens is 1. The Balaban J connectivity index is 2.40. The highest BCUT2D eigenvalue weighted by molar-refractivity contribution is 5.94. The summed E-state index contributed by atoms with van der Waals surface area (Å²) in [4.78, 5) is 17.5. The van der Waals surface area contributed by atoms with Gasteiger partial charge in [0.1, 0.15) is 5.69 Å². The second kappa shape index (κ2) is 5.87. The van der Waals surface area contributed by atoms with Gasteiger partial charge in [-0.2, -0.15) is 13.2 Å². The molecule has 22 heavy (non-hydrogen) atoms. The maximum atomic E-state index is 13.1. The molecule has 2 heterocycles. The predicted octanol–water partition coefficient (Wildman–Crippen LogP) is 2.87. The van der Waals surface area contributed by atoms with Crippen LogP contribution in [0.5, 0.6) is 0 Å². The number of pyridine rings is 1.